The summed E-state index contributed by atoms with van der Waals surface area (Å²) in [5.74, 6) is 0. The van der Waals surface area contributed by atoms with Crippen LogP contribution in [0.3, 0.4) is 0 Å². The third-order valence-corrected chi connectivity index (χ3v) is 8.76. The molecule has 0 spiro atoms. The largest absolute Gasteiger partial charge is 0.396 e. The lowest BCUT2D eigenvalue weighted by Crippen LogP contribution is -2.63. The quantitative estimate of drug-likeness (QED) is 0.414. The zero-order valence-corrected chi connectivity index (χ0v) is 23.7. The maximum Gasteiger partial charge on any atom is 0.164 e. The molecule has 0 radical (unpaired) electrons. The normalized spacial score (nSPS) is 25.4. The predicted molar refractivity (Wildman–Crippen MR) is 152 cm³/mol. The Morgan fingerprint density at radius 3 is 2.45 bits per heavy atom. The van der Waals surface area contributed by atoms with E-state index in [9.17, 15) is 5.11 Å². The van der Waals surface area contributed by atoms with Crippen molar-refractivity contribution in [3.63, 3.8) is 0 Å². The lowest BCUT2D eigenvalue weighted by molar-refractivity contribution is -0.201. The van der Waals surface area contributed by atoms with Gasteiger partial charge in [-0.25, -0.2) is 0 Å². The monoisotopic (exact) mass is 554 g/mol. The number of fused-ring (bicyclic) bond motifs is 1. The van der Waals surface area contributed by atoms with Crippen LogP contribution in [0.25, 0.3) is 0 Å². The van der Waals surface area contributed by atoms with Gasteiger partial charge in [-0.3, -0.25) is 14.8 Å². The van der Waals surface area contributed by atoms with Crippen molar-refractivity contribution >= 4 is 23.2 Å². The van der Waals surface area contributed by atoms with Crippen LogP contribution in [0.4, 0.5) is 0 Å². The van der Waals surface area contributed by atoms with Crippen molar-refractivity contribution in [2.45, 2.75) is 43.7 Å². The number of aliphatic hydroxyl groups excluding tert-OH is 1. The molecule has 0 aliphatic carbocycles. The molecule has 2 aromatic carbocycles. The van der Waals surface area contributed by atoms with E-state index in [1.54, 1.807) is 13.3 Å². The van der Waals surface area contributed by atoms with E-state index in [2.05, 4.69) is 70.1 Å². The Labute approximate surface area is 235 Å². The lowest BCUT2D eigenvalue weighted by Gasteiger charge is -2.52. The topological polar surface area (TPSA) is 52.1 Å². The number of nitrogens with zero attached hydrogens (tertiary/aromatic N) is 4. The predicted octanol–water partition coefficient (Wildman–Crippen LogP) is 5.18. The maximum absolute atomic E-state index is 10.4. The molecule has 0 saturated carbocycles. The van der Waals surface area contributed by atoms with E-state index in [1.165, 1.54) is 5.56 Å². The molecule has 1 N–H and O–H groups in total. The second kappa shape index (κ2) is 11.6. The third-order valence-electron chi connectivity index (χ3n) is 8.28. The number of halogens is 2. The number of aromatic nitrogens is 1. The van der Waals surface area contributed by atoms with Gasteiger partial charge in [0.15, 0.2) is 5.72 Å². The fourth-order valence-electron chi connectivity index (χ4n) is 6.31. The number of benzene rings is 2. The Balaban J connectivity index is 1.69. The smallest absolute Gasteiger partial charge is 0.164 e. The molecule has 5 rings (SSSR count). The van der Waals surface area contributed by atoms with Gasteiger partial charge in [0.25, 0.3) is 0 Å². The maximum atomic E-state index is 10.4. The standard InChI is InChI=1S/C30H36Cl2N4O2/c1-21-19-35(16-15-34(21)2)28(14-17-37)30(38-3)27-7-5-4-6-26(27)29(22-8-10-23(31)11-9-22)36(30)20-25-13-12-24(32)18-33-25/h4-13,18,21,28-29,37H,14-17,19-20H2,1-3H3/t21-,28?,29+,30?/m0/s1. The van der Waals surface area contributed by atoms with Crippen molar-refractivity contribution in [2.75, 3.05) is 40.4 Å². The molecule has 1 aromatic heterocycles. The van der Waals surface area contributed by atoms with Crippen LogP contribution in [0.1, 0.15) is 41.8 Å². The molecule has 4 atom stereocenters. The van der Waals surface area contributed by atoms with Gasteiger partial charge in [0.2, 0.25) is 0 Å². The van der Waals surface area contributed by atoms with E-state index >= 15 is 0 Å². The van der Waals surface area contributed by atoms with Crippen molar-refractivity contribution in [1.82, 2.24) is 19.7 Å². The summed E-state index contributed by atoms with van der Waals surface area (Å²) in [6.07, 6.45) is 2.27. The SMILES string of the molecule is COC1(C(CCO)N2CCN(C)[C@@H](C)C2)c2ccccc2[C@@H](c2ccc(Cl)cc2)N1Cc1ccc(Cl)cn1. The molecule has 2 aliphatic rings. The van der Waals surface area contributed by atoms with Crippen LogP contribution in [0.15, 0.2) is 66.9 Å². The molecule has 2 unspecified atom stereocenters. The molecule has 0 bridgehead atoms. The Kier molecular flexibility index (Phi) is 8.41. The number of likely N-dealkylation sites (N-methyl/N-ethyl adjacent to an activating group) is 1. The van der Waals surface area contributed by atoms with E-state index in [-0.39, 0.29) is 18.7 Å². The van der Waals surface area contributed by atoms with E-state index < -0.39 is 5.72 Å². The zero-order chi connectivity index (χ0) is 26.9. The number of rotatable bonds is 8. The summed E-state index contributed by atoms with van der Waals surface area (Å²) in [6.45, 7) is 5.63. The Bertz CT molecular complexity index is 1230. The van der Waals surface area contributed by atoms with Crippen LogP contribution < -0.4 is 0 Å². The highest BCUT2D eigenvalue weighted by atomic mass is 35.5. The van der Waals surface area contributed by atoms with Crippen LogP contribution in [0.2, 0.25) is 10.0 Å². The van der Waals surface area contributed by atoms with Gasteiger partial charge in [-0.1, -0.05) is 59.6 Å². The molecular formula is C30H36Cl2N4O2. The van der Waals surface area contributed by atoms with Gasteiger partial charge in [-0.2, -0.15) is 0 Å². The summed E-state index contributed by atoms with van der Waals surface area (Å²) in [7, 11) is 3.97. The molecule has 8 heteroatoms. The van der Waals surface area contributed by atoms with Crippen LogP contribution in [0, 0.1) is 0 Å². The van der Waals surface area contributed by atoms with Crippen molar-refractivity contribution in [2.24, 2.45) is 0 Å². The van der Waals surface area contributed by atoms with Gasteiger partial charge < -0.3 is 14.7 Å². The van der Waals surface area contributed by atoms with Crippen LogP contribution >= 0.6 is 23.2 Å². The number of hydrogen-bond acceptors (Lipinski definition) is 6. The van der Waals surface area contributed by atoms with Crippen molar-refractivity contribution in [3.05, 3.63) is 99.3 Å². The second-order valence-corrected chi connectivity index (χ2v) is 11.3. The molecule has 6 nitrogen and oxygen atoms in total. The van der Waals surface area contributed by atoms with Gasteiger partial charge in [0.05, 0.1) is 22.8 Å². The average Bonchev–Trinajstić information content (AvgIpc) is 3.20. The molecule has 38 heavy (non-hydrogen) atoms. The first-order chi connectivity index (χ1) is 18.4. The van der Waals surface area contributed by atoms with Crippen LogP contribution in [0.5, 0.6) is 0 Å². The molecule has 202 valence electrons. The van der Waals surface area contributed by atoms with Gasteiger partial charge in [-0.15, -0.1) is 0 Å². The third kappa shape index (κ3) is 5.00. The lowest BCUT2D eigenvalue weighted by atomic mass is 9.89. The van der Waals surface area contributed by atoms with E-state index in [4.69, 9.17) is 27.9 Å². The minimum atomic E-state index is -0.819. The van der Waals surface area contributed by atoms with E-state index in [1.807, 2.05) is 24.3 Å². The molecule has 0 amide bonds. The fourth-order valence-corrected chi connectivity index (χ4v) is 6.54. The summed E-state index contributed by atoms with van der Waals surface area (Å²) in [5, 5.41) is 11.7. The fraction of sp³-hybridized carbons (Fsp3) is 0.433. The minimum Gasteiger partial charge on any atom is -0.396 e. The summed E-state index contributed by atoms with van der Waals surface area (Å²) in [5.41, 5.74) is 3.53. The highest BCUT2D eigenvalue weighted by molar-refractivity contribution is 6.30. The number of piperazine rings is 1. The summed E-state index contributed by atoms with van der Waals surface area (Å²) < 4.78 is 6.72. The van der Waals surface area contributed by atoms with E-state index in [0.29, 0.717) is 29.1 Å². The molecule has 3 aromatic rings. The number of ether oxygens (including phenoxy) is 1. The number of aliphatic hydroxyl groups is 1. The van der Waals surface area contributed by atoms with Crippen molar-refractivity contribution < 1.29 is 9.84 Å². The van der Waals surface area contributed by atoms with Crippen molar-refractivity contribution in [1.29, 1.82) is 0 Å². The zero-order valence-electron chi connectivity index (χ0n) is 22.2. The molecule has 1 saturated heterocycles. The number of methoxy groups -OCH3 is 1. The first-order valence-electron chi connectivity index (χ1n) is 13.2. The van der Waals surface area contributed by atoms with Gasteiger partial charge in [-0.05, 0) is 55.8 Å². The summed E-state index contributed by atoms with van der Waals surface area (Å²) >= 11 is 12.5. The van der Waals surface area contributed by atoms with E-state index in [0.717, 1.165) is 36.5 Å². The molecule has 1 fully saturated rings. The average molecular weight is 556 g/mol. The highest BCUT2D eigenvalue weighted by Gasteiger charge is 2.57. The summed E-state index contributed by atoms with van der Waals surface area (Å²) in [4.78, 5) is 12.0. The Morgan fingerprint density at radius 2 is 1.79 bits per heavy atom. The molecular weight excluding hydrogens is 519 g/mol. The van der Waals surface area contributed by atoms with Gasteiger partial charge in [0, 0.05) is 62.7 Å². The number of pyridine rings is 1. The van der Waals surface area contributed by atoms with Crippen LogP contribution in [-0.4, -0.2) is 77.3 Å². The van der Waals surface area contributed by atoms with Gasteiger partial charge in [0.1, 0.15) is 0 Å². The van der Waals surface area contributed by atoms with Gasteiger partial charge >= 0.3 is 0 Å². The Morgan fingerprint density at radius 1 is 1.05 bits per heavy atom. The van der Waals surface area contributed by atoms with Crippen molar-refractivity contribution in [3.8, 4) is 0 Å². The first kappa shape index (κ1) is 27.5. The first-order valence-corrected chi connectivity index (χ1v) is 14.0. The molecule has 2 aliphatic heterocycles. The minimum absolute atomic E-state index is 0.0668. The molecule has 3 heterocycles. The number of hydrogen-bond donors (Lipinski definition) is 1. The highest BCUT2D eigenvalue weighted by Crippen LogP contribution is 2.53. The second-order valence-electron chi connectivity index (χ2n) is 10.4. The van der Waals surface area contributed by atoms with Crippen LogP contribution in [-0.2, 0) is 17.0 Å². The Hall–Kier alpha value is -2.03. The summed E-state index contributed by atoms with van der Waals surface area (Å²) in [6, 6.07) is 20.7.